The van der Waals surface area contributed by atoms with Crippen LogP contribution in [0.15, 0.2) is 24.5 Å². The molecule has 0 saturated heterocycles. The van der Waals surface area contributed by atoms with Gasteiger partial charge in [0.15, 0.2) is 0 Å². The van der Waals surface area contributed by atoms with Crippen molar-refractivity contribution in [2.24, 2.45) is 0 Å². The minimum absolute atomic E-state index is 0.548. The Kier molecular flexibility index (Phi) is 3.04. The number of H-pyrrole nitrogens is 1. The van der Waals surface area contributed by atoms with Crippen LogP contribution in [0.4, 0.5) is 0 Å². The van der Waals surface area contributed by atoms with Gasteiger partial charge in [-0.15, -0.1) is 0 Å². The molecular formula is C10H11N3. The fourth-order valence-corrected chi connectivity index (χ4v) is 0.938. The Balaban J connectivity index is 3.38. The molecule has 0 fully saturated rings. The summed E-state index contributed by atoms with van der Waals surface area (Å²) in [5.41, 5.74) is 2.50. The summed E-state index contributed by atoms with van der Waals surface area (Å²) >= 11 is 0. The molecule has 1 rings (SSSR count). The van der Waals surface area contributed by atoms with Crippen molar-refractivity contribution in [3.05, 3.63) is 41.5 Å². The lowest BCUT2D eigenvalue weighted by atomic mass is 10.3. The fraction of sp³-hybridized carbons (Fsp3) is 0.200. The number of nitrogens with zero attached hydrogens (tertiary/aromatic N) is 2. The molecule has 0 aliphatic carbocycles. The Hall–Kier alpha value is -1.82. The molecule has 0 aliphatic heterocycles. The third-order valence-corrected chi connectivity index (χ3v) is 1.52. The molecular weight excluding hydrogens is 162 g/mol. The summed E-state index contributed by atoms with van der Waals surface area (Å²) in [6, 6.07) is 5.63. The number of hydrogen-bond acceptors (Lipinski definition) is 2. The highest BCUT2D eigenvalue weighted by Crippen LogP contribution is 1.94. The minimum atomic E-state index is 0.548. The number of aromatic nitrogens is 2. The van der Waals surface area contributed by atoms with Gasteiger partial charge < -0.3 is 4.98 Å². The second-order valence-electron chi connectivity index (χ2n) is 2.80. The molecule has 1 aromatic rings. The van der Waals surface area contributed by atoms with E-state index in [0.29, 0.717) is 5.56 Å². The van der Waals surface area contributed by atoms with Gasteiger partial charge >= 0.3 is 0 Å². The number of nitrogens with one attached hydrogen (secondary N) is 1. The normalized spacial score (nSPS) is 8.69. The summed E-state index contributed by atoms with van der Waals surface area (Å²) in [5, 5.41) is 8.67. The van der Waals surface area contributed by atoms with Crippen molar-refractivity contribution in [3.8, 4) is 6.07 Å². The van der Waals surface area contributed by atoms with Crippen molar-refractivity contribution in [2.75, 3.05) is 0 Å². The fourth-order valence-electron chi connectivity index (χ4n) is 0.938. The molecule has 0 unspecified atom stereocenters. The lowest BCUT2D eigenvalue weighted by Gasteiger charge is -1.87. The molecule has 1 aromatic heterocycles. The summed E-state index contributed by atoms with van der Waals surface area (Å²) < 4.78 is 0. The van der Waals surface area contributed by atoms with E-state index >= 15 is 0 Å². The van der Waals surface area contributed by atoms with Crippen LogP contribution in [0, 0.1) is 25.2 Å². The predicted molar refractivity (Wildman–Crippen MR) is 50.4 cm³/mol. The minimum Gasteiger partial charge on any atom is -0.361 e. The van der Waals surface area contributed by atoms with Gasteiger partial charge in [-0.3, -0.25) is 4.98 Å². The van der Waals surface area contributed by atoms with Crippen LogP contribution in [0.2, 0.25) is 0 Å². The predicted octanol–water partition coefficient (Wildman–Crippen LogP) is 2.02. The van der Waals surface area contributed by atoms with Gasteiger partial charge in [-0.2, -0.15) is 5.26 Å². The van der Waals surface area contributed by atoms with Crippen LogP contribution >= 0.6 is 0 Å². The Morgan fingerprint density at radius 2 is 2.00 bits per heavy atom. The summed E-state index contributed by atoms with van der Waals surface area (Å²) in [6.07, 6.45) is 3.23. The highest BCUT2D eigenvalue weighted by molar-refractivity contribution is 5.23. The molecule has 0 bridgehead atoms. The van der Waals surface area contributed by atoms with E-state index in [1.807, 2.05) is 26.0 Å². The van der Waals surface area contributed by atoms with Crippen LogP contribution in [-0.4, -0.2) is 9.97 Å². The number of nitriles is 1. The third kappa shape index (κ3) is 2.96. The number of aromatic amines is 1. The zero-order valence-electron chi connectivity index (χ0n) is 7.70. The first-order valence-electron chi connectivity index (χ1n) is 3.98. The Morgan fingerprint density at radius 1 is 1.23 bits per heavy atom. The van der Waals surface area contributed by atoms with E-state index in [2.05, 4.69) is 9.97 Å². The lowest BCUT2D eigenvalue weighted by Crippen LogP contribution is -1.78. The van der Waals surface area contributed by atoms with Gasteiger partial charge in [0.05, 0.1) is 5.56 Å². The summed E-state index contributed by atoms with van der Waals surface area (Å²) in [6.45, 7) is 3.86. The van der Waals surface area contributed by atoms with Crippen LogP contribution < -0.4 is 0 Å². The van der Waals surface area contributed by atoms with Crippen molar-refractivity contribution < 1.29 is 0 Å². The van der Waals surface area contributed by atoms with Crippen molar-refractivity contribution in [1.29, 1.82) is 5.26 Å². The zero-order chi connectivity index (χ0) is 9.68. The van der Waals surface area contributed by atoms with Crippen LogP contribution in [0.25, 0.3) is 0 Å². The maximum absolute atomic E-state index is 8.67. The molecule has 1 N–H and O–H groups in total. The van der Waals surface area contributed by atoms with E-state index in [1.54, 1.807) is 18.5 Å². The van der Waals surface area contributed by atoms with Gasteiger partial charge in [0.2, 0.25) is 0 Å². The SMILES string of the molecule is Cc1ccc(C#N)cncc(C)[nH]1. The second kappa shape index (κ2) is 4.27. The zero-order valence-corrected chi connectivity index (χ0v) is 7.70. The van der Waals surface area contributed by atoms with Crippen LogP contribution in [-0.2, 0) is 0 Å². The van der Waals surface area contributed by atoms with E-state index in [1.165, 1.54) is 0 Å². The summed E-state index contributed by atoms with van der Waals surface area (Å²) in [4.78, 5) is 7.11. The molecule has 1 heterocycles. The van der Waals surface area contributed by atoms with Crippen LogP contribution in [0.5, 0.6) is 0 Å². The first-order chi connectivity index (χ1) is 6.22. The standard InChI is InChI=1S/C10H11N3/c1-8-3-4-10(5-11)7-12-6-9(2)13-8/h3-4,6-7,13H,1-2H3. The van der Waals surface area contributed by atoms with Gasteiger partial charge in [-0.1, -0.05) is 0 Å². The van der Waals surface area contributed by atoms with Gasteiger partial charge in [0, 0.05) is 23.8 Å². The van der Waals surface area contributed by atoms with Gasteiger partial charge in [0.1, 0.15) is 6.07 Å². The highest BCUT2D eigenvalue weighted by Gasteiger charge is 1.84. The van der Waals surface area contributed by atoms with E-state index in [9.17, 15) is 0 Å². The van der Waals surface area contributed by atoms with Gasteiger partial charge in [-0.25, -0.2) is 0 Å². The van der Waals surface area contributed by atoms with E-state index in [4.69, 9.17) is 5.26 Å². The monoisotopic (exact) mass is 173 g/mol. The van der Waals surface area contributed by atoms with E-state index in [-0.39, 0.29) is 0 Å². The van der Waals surface area contributed by atoms with Crippen molar-refractivity contribution in [1.82, 2.24) is 9.97 Å². The third-order valence-electron chi connectivity index (χ3n) is 1.52. The second-order valence-corrected chi connectivity index (χ2v) is 2.80. The first kappa shape index (κ1) is 9.27. The summed E-state index contributed by atoms with van der Waals surface area (Å²) in [7, 11) is 0. The number of hydrogen-bond donors (Lipinski definition) is 1. The van der Waals surface area contributed by atoms with Crippen molar-refractivity contribution >= 4 is 0 Å². The molecule has 0 aliphatic rings. The molecule has 0 saturated carbocycles. The van der Waals surface area contributed by atoms with Crippen molar-refractivity contribution in [3.63, 3.8) is 0 Å². The Bertz CT molecular complexity index is 384. The van der Waals surface area contributed by atoms with Gasteiger partial charge in [0.25, 0.3) is 0 Å². The van der Waals surface area contributed by atoms with E-state index < -0.39 is 0 Å². The van der Waals surface area contributed by atoms with Crippen molar-refractivity contribution in [2.45, 2.75) is 13.8 Å². The maximum atomic E-state index is 8.67. The molecule has 66 valence electrons. The highest BCUT2D eigenvalue weighted by atomic mass is 14.7. The smallest absolute Gasteiger partial charge is 0.101 e. The quantitative estimate of drug-likeness (QED) is 0.652. The first-order valence-corrected chi connectivity index (χ1v) is 3.98. The van der Waals surface area contributed by atoms with Gasteiger partial charge in [-0.05, 0) is 26.0 Å². The largest absolute Gasteiger partial charge is 0.361 e. The maximum Gasteiger partial charge on any atom is 0.101 e. The van der Waals surface area contributed by atoms with Crippen LogP contribution in [0.1, 0.15) is 17.0 Å². The lowest BCUT2D eigenvalue weighted by molar-refractivity contribution is 1.12. The number of rotatable bonds is 0. The molecule has 13 heavy (non-hydrogen) atoms. The van der Waals surface area contributed by atoms with E-state index in [0.717, 1.165) is 11.4 Å². The molecule has 0 amide bonds. The summed E-state index contributed by atoms with van der Waals surface area (Å²) in [5.74, 6) is 0. The molecule has 3 heteroatoms. The Morgan fingerprint density at radius 3 is 2.69 bits per heavy atom. The molecule has 0 atom stereocenters. The number of aryl methyl sites for hydroxylation is 2. The average Bonchev–Trinajstić information content (AvgIpc) is 2.16. The molecule has 0 radical (unpaired) electrons. The molecule has 3 nitrogen and oxygen atoms in total. The molecule has 0 aromatic carbocycles. The topological polar surface area (TPSA) is 52.5 Å². The average molecular weight is 173 g/mol. The molecule has 0 spiro atoms. The van der Waals surface area contributed by atoms with Crippen LogP contribution in [0.3, 0.4) is 0 Å². The Labute approximate surface area is 77.4 Å².